The van der Waals surface area contributed by atoms with Gasteiger partial charge in [0.25, 0.3) is 0 Å². The number of rotatable bonds is 0. The molecule has 5 heteroatoms. The van der Waals surface area contributed by atoms with Crippen LogP contribution in [0.15, 0.2) is 27.8 Å². The number of aryl methyl sites for hydroxylation is 4. The molecule has 2 aromatic rings. The van der Waals surface area contributed by atoms with Gasteiger partial charge in [-0.05, 0) is 50.3 Å². The van der Waals surface area contributed by atoms with Crippen LogP contribution in [0.3, 0.4) is 0 Å². The van der Waals surface area contributed by atoms with E-state index in [1.54, 1.807) is 18.2 Å². The topological polar surface area (TPSA) is 65.7 Å². The number of nitrogens with one attached hydrogen (secondary N) is 2. The Morgan fingerprint density at radius 1 is 0.842 bits per heavy atom. The van der Waals surface area contributed by atoms with E-state index in [0.717, 1.165) is 26.3 Å². The molecule has 0 amide bonds. The Balaban J connectivity index is 0.000000191. The third-order valence-electron chi connectivity index (χ3n) is 2.39. The van der Waals surface area contributed by atoms with Crippen LogP contribution in [0.2, 0.25) is 0 Å². The lowest BCUT2D eigenvalue weighted by Gasteiger charge is -1.97. The highest BCUT2D eigenvalue weighted by Gasteiger charge is 1.98. The minimum absolute atomic E-state index is 0.0729. The molecule has 0 unspecified atom stereocenters. The van der Waals surface area contributed by atoms with Crippen LogP contribution >= 0.6 is 22.6 Å². The number of halogens is 1. The molecule has 0 aliphatic heterocycles. The maximum Gasteiger partial charge on any atom is 0.195 e. The van der Waals surface area contributed by atoms with E-state index in [0.29, 0.717) is 0 Å². The second-order valence-corrected chi connectivity index (χ2v) is 5.52. The molecule has 2 rings (SSSR count). The highest BCUT2D eigenvalue weighted by Crippen LogP contribution is 2.02. The van der Waals surface area contributed by atoms with E-state index in [1.165, 1.54) is 0 Å². The second-order valence-electron chi connectivity index (χ2n) is 4.44. The van der Waals surface area contributed by atoms with E-state index >= 15 is 0 Å². The van der Waals surface area contributed by atoms with Crippen molar-refractivity contribution in [3.8, 4) is 0 Å². The molecule has 4 nitrogen and oxygen atoms in total. The third kappa shape index (κ3) is 5.02. The van der Waals surface area contributed by atoms with Crippen LogP contribution in [-0.2, 0) is 0 Å². The Morgan fingerprint density at radius 3 is 1.74 bits per heavy atom. The molecule has 2 N–H and O–H groups in total. The molecule has 0 atom stereocenters. The zero-order chi connectivity index (χ0) is 14.6. The average molecular weight is 372 g/mol. The first kappa shape index (κ1) is 15.7. The molecule has 0 aliphatic rings. The van der Waals surface area contributed by atoms with Gasteiger partial charge in [0.05, 0.1) is 3.57 Å². The van der Waals surface area contributed by atoms with Crippen molar-refractivity contribution >= 4 is 22.6 Å². The quantitative estimate of drug-likeness (QED) is 0.699. The van der Waals surface area contributed by atoms with Gasteiger partial charge in [-0.15, -0.1) is 0 Å². The van der Waals surface area contributed by atoms with Crippen LogP contribution in [0.5, 0.6) is 0 Å². The van der Waals surface area contributed by atoms with Gasteiger partial charge in [-0.1, -0.05) is 0 Å². The second kappa shape index (κ2) is 6.70. The van der Waals surface area contributed by atoms with Gasteiger partial charge in [0.15, 0.2) is 10.9 Å². The lowest BCUT2D eigenvalue weighted by molar-refractivity contribution is 1.09. The van der Waals surface area contributed by atoms with Gasteiger partial charge < -0.3 is 9.97 Å². The summed E-state index contributed by atoms with van der Waals surface area (Å²) in [4.78, 5) is 27.8. The predicted octanol–water partition coefficient (Wildman–Crippen LogP) is 2.59. The molecule has 0 aromatic carbocycles. The van der Waals surface area contributed by atoms with Crippen LogP contribution in [-0.4, -0.2) is 9.97 Å². The maximum absolute atomic E-state index is 11.0. The molecule has 0 saturated heterocycles. The number of aromatic amines is 2. The summed E-state index contributed by atoms with van der Waals surface area (Å²) in [5, 5.41) is 0. The molecule has 0 bridgehead atoms. The van der Waals surface area contributed by atoms with Crippen molar-refractivity contribution in [1.29, 1.82) is 0 Å². The van der Waals surface area contributed by atoms with Gasteiger partial charge in [0.1, 0.15) is 0 Å². The summed E-state index contributed by atoms with van der Waals surface area (Å²) < 4.78 is 0.781. The van der Waals surface area contributed by atoms with Crippen molar-refractivity contribution in [1.82, 2.24) is 9.97 Å². The Labute approximate surface area is 125 Å². The summed E-state index contributed by atoms with van der Waals surface area (Å²) >= 11 is 2.04. The number of hydrogen-bond acceptors (Lipinski definition) is 2. The van der Waals surface area contributed by atoms with Crippen LogP contribution in [0.1, 0.15) is 22.8 Å². The van der Waals surface area contributed by atoms with Crippen molar-refractivity contribution in [3.63, 3.8) is 0 Å². The Kier molecular flexibility index (Phi) is 5.53. The summed E-state index contributed by atoms with van der Waals surface area (Å²) in [5.41, 5.74) is 3.88. The fourth-order valence-corrected chi connectivity index (χ4v) is 1.97. The van der Waals surface area contributed by atoms with Gasteiger partial charge in [-0.25, -0.2) is 0 Å². The molecular formula is C14H17IN2O2. The van der Waals surface area contributed by atoms with E-state index < -0.39 is 0 Å². The van der Waals surface area contributed by atoms with E-state index in [4.69, 9.17) is 0 Å². The van der Waals surface area contributed by atoms with Gasteiger partial charge in [0.2, 0.25) is 0 Å². The molecule has 19 heavy (non-hydrogen) atoms. The van der Waals surface area contributed by atoms with Crippen molar-refractivity contribution in [2.75, 3.05) is 0 Å². The standard InChI is InChI=1S/C7H8INO.C7H9NO/c1-4-3-6(10)7(8)5(2)9-4;1-5-3-7(9)4-6(2)8-5/h3H,1-2H3,(H,9,10);3-4H,1-2H3,(H,8,9). The third-order valence-corrected chi connectivity index (χ3v) is 3.73. The fourth-order valence-electron chi connectivity index (χ4n) is 1.68. The van der Waals surface area contributed by atoms with Crippen LogP contribution in [0.25, 0.3) is 0 Å². The summed E-state index contributed by atoms with van der Waals surface area (Å²) in [6.07, 6.45) is 0. The molecule has 0 spiro atoms. The smallest absolute Gasteiger partial charge is 0.195 e. The van der Waals surface area contributed by atoms with Crippen LogP contribution < -0.4 is 10.9 Å². The molecule has 2 heterocycles. The molecular weight excluding hydrogens is 355 g/mol. The van der Waals surface area contributed by atoms with Gasteiger partial charge in [-0.3, -0.25) is 9.59 Å². The lowest BCUT2D eigenvalue weighted by Crippen LogP contribution is -2.08. The predicted molar refractivity (Wildman–Crippen MR) is 85.8 cm³/mol. The van der Waals surface area contributed by atoms with Crippen LogP contribution in [0.4, 0.5) is 0 Å². The monoisotopic (exact) mass is 372 g/mol. The number of pyridine rings is 2. The van der Waals surface area contributed by atoms with E-state index in [2.05, 4.69) is 9.97 Å². The normalized spacial score (nSPS) is 9.74. The minimum Gasteiger partial charge on any atom is -0.362 e. The van der Waals surface area contributed by atoms with E-state index in [9.17, 15) is 9.59 Å². The van der Waals surface area contributed by atoms with E-state index in [-0.39, 0.29) is 10.9 Å². The van der Waals surface area contributed by atoms with Gasteiger partial charge >= 0.3 is 0 Å². The average Bonchev–Trinajstić information content (AvgIpc) is 2.24. The van der Waals surface area contributed by atoms with Crippen molar-refractivity contribution < 1.29 is 0 Å². The number of aromatic nitrogens is 2. The first-order chi connectivity index (χ1) is 8.79. The minimum atomic E-state index is 0.0729. The fraction of sp³-hybridized carbons (Fsp3) is 0.286. The molecule has 102 valence electrons. The van der Waals surface area contributed by atoms with E-state index in [1.807, 2.05) is 50.3 Å². The van der Waals surface area contributed by atoms with Crippen molar-refractivity contribution in [2.24, 2.45) is 0 Å². The summed E-state index contributed by atoms with van der Waals surface area (Å²) in [7, 11) is 0. The van der Waals surface area contributed by atoms with Gasteiger partial charge in [-0.2, -0.15) is 0 Å². The Hall–Kier alpha value is -1.37. The Bertz CT molecular complexity index is 663. The molecule has 2 aromatic heterocycles. The Morgan fingerprint density at radius 2 is 1.32 bits per heavy atom. The first-order valence-electron chi connectivity index (χ1n) is 5.83. The summed E-state index contributed by atoms with van der Waals surface area (Å²) in [5.74, 6) is 0. The molecule has 0 aliphatic carbocycles. The summed E-state index contributed by atoms with van der Waals surface area (Å²) in [6.45, 7) is 7.52. The van der Waals surface area contributed by atoms with Crippen molar-refractivity contribution in [2.45, 2.75) is 27.7 Å². The SMILES string of the molecule is Cc1cc(=O)c(I)c(C)[nH]1.Cc1cc(=O)cc(C)[nH]1. The highest BCUT2D eigenvalue weighted by atomic mass is 127. The van der Waals surface area contributed by atoms with Crippen LogP contribution in [0, 0.1) is 31.3 Å². The maximum atomic E-state index is 11.0. The van der Waals surface area contributed by atoms with Crippen molar-refractivity contribution in [3.05, 3.63) is 65.0 Å². The molecule has 0 radical (unpaired) electrons. The zero-order valence-corrected chi connectivity index (χ0v) is 13.6. The molecule has 0 fully saturated rings. The zero-order valence-electron chi connectivity index (χ0n) is 11.4. The van der Waals surface area contributed by atoms with Gasteiger partial charge in [0, 0.05) is 41.0 Å². The molecule has 0 saturated carbocycles. The first-order valence-corrected chi connectivity index (χ1v) is 6.91. The summed E-state index contributed by atoms with van der Waals surface area (Å²) in [6, 6.07) is 4.76. The number of H-pyrrole nitrogens is 2. The largest absolute Gasteiger partial charge is 0.362 e. The highest BCUT2D eigenvalue weighted by molar-refractivity contribution is 14.1. The number of hydrogen-bond donors (Lipinski definition) is 2. The lowest BCUT2D eigenvalue weighted by atomic mass is 10.3.